The second-order valence-electron chi connectivity index (χ2n) is 5.99. The van der Waals surface area contributed by atoms with Crippen LogP contribution < -0.4 is 5.32 Å². The molecule has 3 rings (SSSR count). The molecule has 2 heterocycles. The second-order valence-corrected chi connectivity index (χ2v) is 5.99. The summed E-state index contributed by atoms with van der Waals surface area (Å²) < 4.78 is 11.3. The summed E-state index contributed by atoms with van der Waals surface area (Å²) in [6, 6.07) is 10.5. The van der Waals surface area contributed by atoms with Gasteiger partial charge < -0.3 is 14.8 Å². The Kier molecular flexibility index (Phi) is 5.83. The van der Waals surface area contributed by atoms with E-state index in [4.69, 9.17) is 9.47 Å². The van der Waals surface area contributed by atoms with Gasteiger partial charge >= 0.3 is 0 Å². The third-order valence-corrected chi connectivity index (χ3v) is 4.29. The average Bonchev–Trinajstić information content (AvgIpc) is 2.62. The van der Waals surface area contributed by atoms with Gasteiger partial charge in [0, 0.05) is 43.1 Å². The smallest absolute Gasteiger partial charge is 0.0726 e. The number of pyridine rings is 1. The molecule has 0 saturated carbocycles. The van der Waals surface area contributed by atoms with Crippen LogP contribution in [0.25, 0.3) is 10.9 Å². The molecule has 4 nitrogen and oxygen atoms in total. The van der Waals surface area contributed by atoms with E-state index in [2.05, 4.69) is 41.5 Å². The Morgan fingerprint density at radius 2 is 2.09 bits per heavy atom. The van der Waals surface area contributed by atoms with Gasteiger partial charge in [0.1, 0.15) is 0 Å². The SMILES string of the molecule is CCc1cc(NCCCOC2CCOCC2)c2ccccc2n1. The predicted octanol–water partition coefficient (Wildman–Crippen LogP) is 3.79. The second kappa shape index (κ2) is 8.27. The van der Waals surface area contributed by atoms with Gasteiger partial charge in [-0.3, -0.25) is 4.98 Å². The molecule has 2 aromatic rings. The molecular weight excluding hydrogens is 288 g/mol. The molecule has 0 spiro atoms. The highest BCUT2D eigenvalue weighted by Gasteiger charge is 2.13. The molecule has 0 unspecified atom stereocenters. The topological polar surface area (TPSA) is 43.4 Å². The van der Waals surface area contributed by atoms with Crippen LogP contribution in [0.2, 0.25) is 0 Å². The van der Waals surface area contributed by atoms with Gasteiger partial charge in [0.15, 0.2) is 0 Å². The highest BCUT2D eigenvalue weighted by atomic mass is 16.5. The Morgan fingerprint density at radius 1 is 1.26 bits per heavy atom. The van der Waals surface area contributed by atoms with Gasteiger partial charge in [-0.1, -0.05) is 25.1 Å². The van der Waals surface area contributed by atoms with E-state index < -0.39 is 0 Å². The normalized spacial score (nSPS) is 15.9. The van der Waals surface area contributed by atoms with Crippen molar-refractivity contribution >= 4 is 16.6 Å². The molecule has 0 bridgehead atoms. The van der Waals surface area contributed by atoms with Crippen molar-refractivity contribution in [3.8, 4) is 0 Å². The minimum atomic E-state index is 0.386. The maximum absolute atomic E-state index is 5.92. The van der Waals surface area contributed by atoms with E-state index in [-0.39, 0.29) is 0 Å². The van der Waals surface area contributed by atoms with Crippen molar-refractivity contribution in [2.24, 2.45) is 0 Å². The van der Waals surface area contributed by atoms with Crippen LogP contribution in [0.15, 0.2) is 30.3 Å². The molecule has 1 saturated heterocycles. The van der Waals surface area contributed by atoms with Crippen LogP contribution in [-0.2, 0) is 15.9 Å². The summed E-state index contributed by atoms with van der Waals surface area (Å²) in [7, 11) is 0. The number of anilines is 1. The molecule has 0 amide bonds. The van der Waals surface area contributed by atoms with E-state index in [9.17, 15) is 0 Å². The molecule has 1 aromatic carbocycles. The summed E-state index contributed by atoms with van der Waals surface area (Å²) >= 11 is 0. The molecule has 23 heavy (non-hydrogen) atoms. The Labute approximate surface area is 138 Å². The standard InChI is InChI=1S/C19H26N2O2/c1-2-15-14-19(17-6-3-4-7-18(17)21-15)20-10-5-11-23-16-8-12-22-13-9-16/h3-4,6-7,14,16H,2,5,8-13H2,1H3,(H,20,21). The molecule has 0 aliphatic carbocycles. The Morgan fingerprint density at radius 3 is 2.91 bits per heavy atom. The molecule has 1 fully saturated rings. The van der Waals surface area contributed by atoms with Crippen LogP contribution in [0.3, 0.4) is 0 Å². The first-order chi connectivity index (χ1) is 11.4. The lowest BCUT2D eigenvalue weighted by atomic mass is 10.1. The van der Waals surface area contributed by atoms with Gasteiger partial charge in [0.25, 0.3) is 0 Å². The zero-order valence-electron chi connectivity index (χ0n) is 13.9. The van der Waals surface area contributed by atoms with Crippen LogP contribution in [0.5, 0.6) is 0 Å². The fraction of sp³-hybridized carbons (Fsp3) is 0.526. The lowest BCUT2D eigenvalue weighted by molar-refractivity contribution is -0.0316. The maximum atomic E-state index is 5.92. The molecule has 1 N–H and O–H groups in total. The van der Waals surface area contributed by atoms with E-state index in [1.165, 1.54) is 11.1 Å². The van der Waals surface area contributed by atoms with Gasteiger partial charge in [-0.15, -0.1) is 0 Å². The number of aromatic nitrogens is 1. The Balaban J connectivity index is 1.52. The van der Waals surface area contributed by atoms with Crippen molar-refractivity contribution < 1.29 is 9.47 Å². The number of rotatable bonds is 7. The third-order valence-electron chi connectivity index (χ3n) is 4.29. The number of nitrogens with zero attached hydrogens (tertiary/aromatic N) is 1. The van der Waals surface area contributed by atoms with Gasteiger partial charge in [0.2, 0.25) is 0 Å². The third kappa shape index (κ3) is 4.43. The molecular formula is C19H26N2O2. The lowest BCUT2D eigenvalue weighted by Crippen LogP contribution is -2.24. The first-order valence-corrected chi connectivity index (χ1v) is 8.68. The first-order valence-electron chi connectivity index (χ1n) is 8.68. The van der Waals surface area contributed by atoms with Crippen molar-refractivity contribution in [3.05, 3.63) is 36.0 Å². The summed E-state index contributed by atoms with van der Waals surface area (Å²) in [6.45, 7) is 5.54. The van der Waals surface area contributed by atoms with Crippen molar-refractivity contribution in [2.45, 2.75) is 38.7 Å². The van der Waals surface area contributed by atoms with Crippen LogP contribution in [0.4, 0.5) is 5.69 Å². The quantitative estimate of drug-likeness (QED) is 0.790. The average molecular weight is 314 g/mol. The summed E-state index contributed by atoms with van der Waals surface area (Å²) in [5.41, 5.74) is 3.37. The van der Waals surface area contributed by atoms with Crippen molar-refractivity contribution in [1.29, 1.82) is 0 Å². The zero-order chi connectivity index (χ0) is 15.9. The summed E-state index contributed by atoms with van der Waals surface area (Å²) in [4.78, 5) is 4.68. The molecule has 124 valence electrons. The fourth-order valence-electron chi connectivity index (χ4n) is 2.95. The zero-order valence-corrected chi connectivity index (χ0v) is 13.9. The number of nitrogens with one attached hydrogen (secondary N) is 1. The number of fused-ring (bicyclic) bond motifs is 1. The predicted molar refractivity (Wildman–Crippen MR) is 94.0 cm³/mol. The fourth-order valence-corrected chi connectivity index (χ4v) is 2.95. The van der Waals surface area contributed by atoms with E-state index in [0.717, 1.165) is 63.3 Å². The van der Waals surface area contributed by atoms with Crippen LogP contribution in [-0.4, -0.2) is 37.5 Å². The largest absolute Gasteiger partial charge is 0.384 e. The molecule has 1 aliphatic heterocycles. The van der Waals surface area contributed by atoms with Gasteiger partial charge in [-0.25, -0.2) is 0 Å². The van der Waals surface area contributed by atoms with Crippen molar-refractivity contribution in [2.75, 3.05) is 31.7 Å². The minimum Gasteiger partial charge on any atom is -0.384 e. The highest BCUT2D eigenvalue weighted by Crippen LogP contribution is 2.23. The minimum absolute atomic E-state index is 0.386. The van der Waals surface area contributed by atoms with Crippen molar-refractivity contribution in [3.63, 3.8) is 0 Å². The summed E-state index contributed by atoms with van der Waals surface area (Å²) in [6.07, 6.45) is 4.41. The van der Waals surface area contributed by atoms with E-state index in [1.54, 1.807) is 0 Å². The van der Waals surface area contributed by atoms with Crippen LogP contribution in [0.1, 0.15) is 31.9 Å². The number of benzene rings is 1. The Bertz CT molecular complexity index is 624. The molecule has 0 radical (unpaired) electrons. The number of aryl methyl sites for hydroxylation is 1. The number of hydrogen-bond acceptors (Lipinski definition) is 4. The lowest BCUT2D eigenvalue weighted by Gasteiger charge is -2.22. The molecule has 1 aromatic heterocycles. The summed E-state index contributed by atoms with van der Waals surface area (Å²) in [5, 5.41) is 4.75. The van der Waals surface area contributed by atoms with Gasteiger partial charge in [-0.2, -0.15) is 0 Å². The van der Waals surface area contributed by atoms with Crippen LogP contribution >= 0.6 is 0 Å². The first kappa shape index (κ1) is 16.2. The van der Waals surface area contributed by atoms with E-state index >= 15 is 0 Å². The highest BCUT2D eigenvalue weighted by molar-refractivity contribution is 5.91. The molecule has 1 aliphatic rings. The number of hydrogen-bond donors (Lipinski definition) is 1. The summed E-state index contributed by atoms with van der Waals surface area (Å²) in [5.74, 6) is 0. The van der Waals surface area contributed by atoms with Gasteiger partial charge in [0.05, 0.1) is 11.6 Å². The number of ether oxygens (including phenoxy) is 2. The van der Waals surface area contributed by atoms with Crippen molar-refractivity contribution in [1.82, 2.24) is 4.98 Å². The number of para-hydroxylation sites is 1. The van der Waals surface area contributed by atoms with E-state index in [0.29, 0.717) is 6.10 Å². The molecule has 4 heteroatoms. The van der Waals surface area contributed by atoms with E-state index in [1.807, 2.05) is 6.07 Å². The van der Waals surface area contributed by atoms with Crippen LogP contribution in [0, 0.1) is 0 Å². The Hall–Kier alpha value is -1.65. The van der Waals surface area contributed by atoms with Gasteiger partial charge in [-0.05, 0) is 37.8 Å². The molecule has 0 atom stereocenters. The monoisotopic (exact) mass is 314 g/mol. The maximum Gasteiger partial charge on any atom is 0.0726 e.